The smallest absolute Gasteiger partial charge is 0.178 e. The van der Waals surface area contributed by atoms with Crippen LogP contribution in [0.1, 0.15) is 25.8 Å². The number of benzene rings is 1. The summed E-state index contributed by atoms with van der Waals surface area (Å²) in [5.41, 5.74) is 6.38. The van der Waals surface area contributed by atoms with Gasteiger partial charge in [-0.1, -0.05) is 32.0 Å². The van der Waals surface area contributed by atoms with Crippen LogP contribution in [0.15, 0.2) is 29.2 Å². The summed E-state index contributed by atoms with van der Waals surface area (Å²) < 4.78 is 24.3. The van der Waals surface area contributed by atoms with Gasteiger partial charge in [-0.2, -0.15) is 0 Å². The van der Waals surface area contributed by atoms with Gasteiger partial charge >= 0.3 is 0 Å². The van der Waals surface area contributed by atoms with E-state index in [2.05, 4.69) is 19.2 Å². The molecule has 0 saturated carbocycles. The molecular formula is C14H22N2O2S. The van der Waals surface area contributed by atoms with Crippen LogP contribution in [0, 0.1) is 5.92 Å². The highest BCUT2D eigenvalue weighted by molar-refractivity contribution is 7.91. The third-order valence-electron chi connectivity index (χ3n) is 3.73. The van der Waals surface area contributed by atoms with Gasteiger partial charge in [0, 0.05) is 6.54 Å². The van der Waals surface area contributed by atoms with E-state index in [1.807, 2.05) is 12.1 Å². The van der Waals surface area contributed by atoms with Crippen LogP contribution >= 0.6 is 0 Å². The van der Waals surface area contributed by atoms with Gasteiger partial charge in [-0.25, -0.2) is 8.42 Å². The Kier molecular flexibility index (Phi) is 3.99. The summed E-state index contributed by atoms with van der Waals surface area (Å²) in [6.07, 6.45) is 0.537. The van der Waals surface area contributed by atoms with E-state index in [-0.39, 0.29) is 5.75 Å². The van der Waals surface area contributed by atoms with Crippen molar-refractivity contribution in [1.82, 2.24) is 5.32 Å². The molecule has 0 spiro atoms. The lowest BCUT2D eigenvalue weighted by atomic mass is 9.86. The van der Waals surface area contributed by atoms with E-state index in [1.165, 1.54) is 0 Å². The molecule has 0 fully saturated rings. The Labute approximate surface area is 115 Å². The lowest BCUT2D eigenvalue weighted by molar-refractivity contribution is 0.301. The monoisotopic (exact) mass is 282 g/mol. The van der Waals surface area contributed by atoms with Crippen LogP contribution < -0.4 is 11.1 Å². The number of fused-ring (bicyclic) bond motifs is 1. The predicted octanol–water partition coefficient (Wildman–Crippen LogP) is 1.26. The molecule has 1 aliphatic heterocycles. The molecule has 1 heterocycles. The van der Waals surface area contributed by atoms with Crippen molar-refractivity contribution in [2.24, 2.45) is 11.7 Å². The lowest BCUT2D eigenvalue weighted by Gasteiger charge is -2.39. The van der Waals surface area contributed by atoms with E-state index in [0.717, 1.165) is 12.1 Å². The number of hydrogen-bond acceptors (Lipinski definition) is 4. The second kappa shape index (κ2) is 5.23. The summed E-state index contributed by atoms with van der Waals surface area (Å²) >= 11 is 0. The van der Waals surface area contributed by atoms with Crippen molar-refractivity contribution in [1.29, 1.82) is 0 Å². The Hall–Kier alpha value is -0.910. The van der Waals surface area contributed by atoms with Gasteiger partial charge in [0.05, 0.1) is 16.2 Å². The maximum absolute atomic E-state index is 12.1. The van der Waals surface area contributed by atoms with Crippen LogP contribution in [0.2, 0.25) is 0 Å². The van der Waals surface area contributed by atoms with Crippen molar-refractivity contribution >= 4 is 9.84 Å². The van der Waals surface area contributed by atoms with Crippen molar-refractivity contribution in [3.63, 3.8) is 0 Å². The predicted molar refractivity (Wildman–Crippen MR) is 76.7 cm³/mol. The van der Waals surface area contributed by atoms with Gasteiger partial charge in [0.2, 0.25) is 0 Å². The number of sulfone groups is 1. The molecule has 1 aromatic rings. The zero-order valence-corrected chi connectivity index (χ0v) is 12.3. The van der Waals surface area contributed by atoms with Crippen molar-refractivity contribution in [2.45, 2.75) is 30.7 Å². The van der Waals surface area contributed by atoms with Crippen molar-refractivity contribution in [2.75, 3.05) is 18.8 Å². The van der Waals surface area contributed by atoms with Crippen molar-refractivity contribution in [3.05, 3.63) is 29.8 Å². The van der Waals surface area contributed by atoms with E-state index < -0.39 is 15.4 Å². The molecule has 1 unspecified atom stereocenters. The zero-order chi connectivity index (χ0) is 14.1. The molecule has 0 radical (unpaired) electrons. The molecule has 0 aromatic heterocycles. The van der Waals surface area contributed by atoms with Crippen LogP contribution in [0.25, 0.3) is 0 Å². The van der Waals surface area contributed by atoms with E-state index in [9.17, 15) is 8.42 Å². The summed E-state index contributed by atoms with van der Waals surface area (Å²) in [5.74, 6) is 0.654. The molecule has 1 aromatic carbocycles. The molecule has 0 saturated heterocycles. The molecule has 2 rings (SSSR count). The van der Waals surface area contributed by atoms with E-state index in [0.29, 0.717) is 23.8 Å². The Balaban J connectivity index is 2.47. The molecule has 0 aliphatic carbocycles. The maximum Gasteiger partial charge on any atom is 0.178 e. The Morgan fingerprint density at radius 3 is 2.68 bits per heavy atom. The van der Waals surface area contributed by atoms with Gasteiger partial charge < -0.3 is 11.1 Å². The fourth-order valence-electron chi connectivity index (χ4n) is 2.55. The fraction of sp³-hybridized carbons (Fsp3) is 0.571. The second-order valence-electron chi connectivity index (χ2n) is 5.63. The zero-order valence-electron chi connectivity index (χ0n) is 11.5. The van der Waals surface area contributed by atoms with Crippen molar-refractivity contribution < 1.29 is 8.42 Å². The quantitative estimate of drug-likeness (QED) is 0.872. The lowest BCUT2D eigenvalue weighted by Crippen LogP contribution is -2.53. The average molecular weight is 282 g/mol. The van der Waals surface area contributed by atoms with E-state index in [1.54, 1.807) is 12.1 Å². The minimum atomic E-state index is -3.16. The van der Waals surface area contributed by atoms with Gasteiger partial charge in [-0.3, -0.25) is 0 Å². The molecule has 0 bridgehead atoms. The first-order valence-corrected chi connectivity index (χ1v) is 8.34. The number of rotatable bonds is 4. The molecule has 0 amide bonds. The van der Waals surface area contributed by atoms with Crippen LogP contribution in [-0.4, -0.2) is 27.3 Å². The molecular weight excluding hydrogens is 260 g/mol. The minimum absolute atomic E-state index is 0.159. The first-order chi connectivity index (χ1) is 8.91. The fourth-order valence-corrected chi connectivity index (χ4v) is 4.28. The van der Waals surface area contributed by atoms with Gasteiger partial charge in [0.15, 0.2) is 9.84 Å². The maximum atomic E-state index is 12.1. The largest absolute Gasteiger partial charge is 0.328 e. The Bertz CT molecular complexity index is 554. The molecule has 5 heteroatoms. The Morgan fingerprint density at radius 1 is 1.37 bits per heavy atom. The van der Waals surface area contributed by atoms with E-state index in [4.69, 9.17) is 5.73 Å². The SMILES string of the molecule is CC(C)CNC1(CN)CCS(=O)(=O)c2ccccc21. The molecule has 3 N–H and O–H groups in total. The topological polar surface area (TPSA) is 72.2 Å². The van der Waals surface area contributed by atoms with Crippen LogP contribution in [0.5, 0.6) is 0 Å². The van der Waals surface area contributed by atoms with Crippen molar-refractivity contribution in [3.8, 4) is 0 Å². The van der Waals surface area contributed by atoms with Crippen LogP contribution in [-0.2, 0) is 15.4 Å². The normalized spacial score (nSPS) is 25.3. The summed E-state index contributed by atoms with van der Waals surface area (Å²) in [6, 6.07) is 7.21. The number of nitrogens with one attached hydrogen (secondary N) is 1. The third-order valence-corrected chi connectivity index (χ3v) is 5.50. The Morgan fingerprint density at radius 2 is 2.05 bits per heavy atom. The first-order valence-electron chi connectivity index (χ1n) is 6.69. The summed E-state index contributed by atoms with van der Waals surface area (Å²) in [7, 11) is -3.16. The highest BCUT2D eigenvalue weighted by atomic mass is 32.2. The molecule has 1 atom stereocenters. The molecule has 4 nitrogen and oxygen atoms in total. The average Bonchev–Trinajstić information content (AvgIpc) is 2.39. The van der Waals surface area contributed by atoms with E-state index >= 15 is 0 Å². The summed E-state index contributed by atoms with van der Waals surface area (Å²) in [5, 5.41) is 3.49. The highest BCUT2D eigenvalue weighted by Crippen LogP contribution is 2.36. The van der Waals surface area contributed by atoms with Gasteiger partial charge in [0.25, 0.3) is 0 Å². The molecule has 106 valence electrons. The summed E-state index contributed by atoms with van der Waals surface area (Å²) in [4.78, 5) is 0.433. The first kappa shape index (κ1) is 14.5. The standard InChI is InChI=1S/C14H22N2O2S/c1-11(2)9-16-14(10-15)7-8-19(17,18)13-6-4-3-5-12(13)14/h3-6,11,16H,7-10,15H2,1-2H3. The number of hydrogen-bond donors (Lipinski definition) is 2. The van der Waals surface area contributed by atoms with Crippen LogP contribution in [0.4, 0.5) is 0 Å². The molecule has 19 heavy (non-hydrogen) atoms. The summed E-state index contributed by atoms with van der Waals surface area (Å²) in [6.45, 7) is 5.49. The molecule has 1 aliphatic rings. The third kappa shape index (κ3) is 2.68. The van der Waals surface area contributed by atoms with Gasteiger partial charge in [0.1, 0.15) is 0 Å². The number of nitrogens with two attached hydrogens (primary N) is 1. The minimum Gasteiger partial charge on any atom is -0.328 e. The van der Waals surface area contributed by atoms with Crippen LogP contribution in [0.3, 0.4) is 0 Å². The highest BCUT2D eigenvalue weighted by Gasteiger charge is 2.40. The van der Waals surface area contributed by atoms with Gasteiger partial charge in [-0.05, 0) is 30.5 Å². The second-order valence-corrected chi connectivity index (χ2v) is 7.70. The van der Waals surface area contributed by atoms with Gasteiger partial charge in [-0.15, -0.1) is 0 Å².